The number of aryl methyl sites for hydroxylation is 1. The second-order valence-electron chi connectivity index (χ2n) is 4.76. The van der Waals surface area contributed by atoms with Gasteiger partial charge in [-0.05, 0) is 30.2 Å². The number of methoxy groups -OCH3 is 1. The van der Waals surface area contributed by atoms with E-state index in [9.17, 15) is 4.79 Å². The van der Waals surface area contributed by atoms with Gasteiger partial charge < -0.3 is 9.84 Å². The van der Waals surface area contributed by atoms with E-state index in [4.69, 9.17) is 21.4 Å². The van der Waals surface area contributed by atoms with Crippen molar-refractivity contribution in [1.82, 2.24) is 0 Å². The monoisotopic (exact) mass is 256 g/mol. The van der Waals surface area contributed by atoms with Crippen LogP contribution < -0.4 is 4.74 Å². The topological polar surface area (TPSA) is 46.5 Å². The first-order valence-corrected chi connectivity index (χ1v) is 5.72. The number of carbonyl (C=O) groups is 1. The Balaban J connectivity index is 3.22. The molecule has 0 spiro atoms. The van der Waals surface area contributed by atoms with Crippen molar-refractivity contribution >= 4 is 17.6 Å². The van der Waals surface area contributed by atoms with E-state index in [2.05, 4.69) is 0 Å². The Labute approximate surface area is 106 Å². The number of carboxylic acid groups (broad SMARTS) is 1. The molecule has 94 valence electrons. The molecule has 1 N–H and O–H groups in total. The highest BCUT2D eigenvalue weighted by atomic mass is 35.5. The summed E-state index contributed by atoms with van der Waals surface area (Å²) in [4.78, 5) is 10.8. The first kappa shape index (κ1) is 13.8. The number of benzene rings is 1. The lowest BCUT2D eigenvalue weighted by molar-refractivity contribution is -0.138. The van der Waals surface area contributed by atoms with Crippen molar-refractivity contribution in [2.75, 3.05) is 7.11 Å². The molecule has 0 aromatic heterocycles. The maximum atomic E-state index is 10.8. The molecule has 17 heavy (non-hydrogen) atoms. The minimum Gasteiger partial charge on any atom is -0.495 e. The molecule has 0 aliphatic rings. The lowest BCUT2D eigenvalue weighted by Gasteiger charge is -2.26. The maximum Gasteiger partial charge on any atom is 0.304 e. The molecule has 0 saturated heterocycles. The highest BCUT2D eigenvalue weighted by Gasteiger charge is 2.26. The molecule has 0 aliphatic heterocycles. The summed E-state index contributed by atoms with van der Waals surface area (Å²) in [6, 6.07) is 3.62. The van der Waals surface area contributed by atoms with E-state index in [-0.39, 0.29) is 6.42 Å². The van der Waals surface area contributed by atoms with Crippen molar-refractivity contribution < 1.29 is 14.6 Å². The smallest absolute Gasteiger partial charge is 0.304 e. The quantitative estimate of drug-likeness (QED) is 0.898. The third kappa shape index (κ3) is 3.13. The molecule has 0 aliphatic carbocycles. The molecular weight excluding hydrogens is 240 g/mol. The third-order valence-corrected chi connectivity index (χ3v) is 3.12. The maximum absolute atomic E-state index is 10.8. The zero-order chi connectivity index (χ0) is 13.2. The van der Waals surface area contributed by atoms with E-state index in [0.717, 1.165) is 11.1 Å². The molecule has 0 atom stereocenters. The van der Waals surface area contributed by atoms with Gasteiger partial charge in [0, 0.05) is 5.41 Å². The van der Waals surface area contributed by atoms with Gasteiger partial charge >= 0.3 is 5.97 Å². The normalized spacial score (nSPS) is 11.4. The Hall–Kier alpha value is -1.22. The van der Waals surface area contributed by atoms with Gasteiger partial charge in [0.25, 0.3) is 0 Å². The Morgan fingerprint density at radius 2 is 2.06 bits per heavy atom. The molecule has 0 fully saturated rings. The van der Waals surface area contributed by atoms with Crippen LogP contribution in [0.5, 0.6) is 5.75 Å². The minimum absolute atomic E-state index is 0.0660. The number of carboxylic acids is 1. The first-order valence-electron chi connectivity index (χ1n) is 5.34. The Bertz CT molecular complexity index is 439. The molecule has 0 unspecified atom stereocenters. The fourth-order valence-corrected chi connectivity index (χ4v) is 2.25. The zero-order valence-electron chi connectivity index (χ0n) is 10.5. The first-order chi connectivity index (χ1) is 7.77. The van der Waals surface area contributed by atoms with Crippen LogP contribution in [0.25, 0.3) is 0 Å². The second kappa shape index (κ2) is 4.96. The Morgan fingerprint density at radius 1 is 1.47 bits per heavy atom. The predicted octanol–water partition coefficient (Wildman–Crippen LogP) is 3.41. The lowest BCUT2D eigenvalue weighted by Crippen LogP contribution is -2.22. The van der Waals surface area contributed by atoms with E-state index in [0.29, 0.717) is 10.8 Å². The average Bonchev–Trinajstić information content (AvgIpc) is 2.18. The van der Waals surface area contributed by atoms with Crippen LogP contribution >= 0.6 is 11.6 Å². The van der Waals surface area contributed by atoms with Crippen LogP contribution in [0.2, 0.25) is 5.02 Å². The van der Waals surface area contributed by atoms with Crippen LogP contribution in [0.4, 0.5) is 0 Å². The van der Waals surface area contributed by atoms with E-state index in [1.54, 1.807) is 13.2 Å². The number of rotatable bonds is 4. The highest BCUT2D eigenvalue weighted by molar-refractivity contribution is 6.32. The van der Waals surface area contributed by atoms with E-state index in [1.165, 1.54) is 0 Å². The van der Waals surface area contributed by atoms with Gasteiger partial charge in [-0.1, -0.05) is 25.4 Å². The van der Waals surface area contributed by atoms with Gasteiger partial charge in [-0.25, -0.2) is 0 Å². The number of hydrogen-bond acceptors (Lipinski definition) is 2. The highest BCUT2D eigenvalue weighted by Crippen LogP contribution is 2.36. The molecule has 1 rings (SSSR count). The van der Waals surface area contributed by atoms with Crippen LogP contribution in [0.1, 0.15) is 31.4 Å². The van der Waals surface area contributed by atoms with Crippen LogP contribution in [0.15, 0.2) is 12.1 Å². The van der Waals surface area contributed by atoms with Crippen molar-refractivity contribution in [1.29, 1.82) is 0 Å². The summed E-state index contributed by atoms with van der Waals surface area (Å²) in [6.07, 6.45) is 0.0660. The molecule has 0 bridgehead atoms. The van der Waals surface area contributed by atoms with Crippen LogP contribution in [0, 0.1) is 6.92 Å². The summed E-state index contributed by atoms with van der Waals surface area (Å²) in [6.45, 7) is 5.72. The standard InChI is InChI=1S/C13H17ClO3/c1-8-5-11(17-4)10(14)6-9(8)13(2,3)7-12(15)16/h5-6H,7H2,1-4H3,(H,15,16). The molecule has 1 aromatic rings. The summed E-state index contributed by atoms with van der Waals surface area (Å²) in [5.74, 6) is -0.208. The fourth-order valence-electron chi connectivity index (χ4n) is 2.01. The number of hydrogen-bond donors (Lipinski definition) is 1. The Morgan fingerprint density at radius 3 is 2.53 bits per heavy atom. The summed E-state index contributed by atoms with van der Waals surface area (Å²) in [5.41, 5.74) is 1.47. The van der Waals surface area contributed by atoms with Gasteiger partial charge in [0.1, 0.15) is 5.75 Å². The van der Waals surface area contributed by atoms with Crippen molar-refractivity contribution in [2.24, 2.45) is 0 Å². The van der Waals surface area contributed by atoms with Crippen molar-refractivity contribution in [3.8, 4) is 5.75 Å². The zero-order valence-corrected chi connectivity index (χ0v) is 11.3. The molecule has 1 aromatic carbocycles. The van der Waals surface area contributed by atoms with Gasteiger partial charge in [-0.15, -0.1) is 0 Å². The van der Waals surface area contributed by atoms with Crippen molar-refractivity contribution in [2.45, 2.75) is 32.6 Å². The SMILES string of the molecule is COc1cc(C)c(C(C)(C)CC(=O)O)cc1Cl. The molecule has 4 heteroatoms. The number of halogens is 1. The number of aliphatic carboxylic acids is 1. The van der Waals surface area contributed by atoms with Gasteiger partial charge in [0.15, 0.2) is 0 Å². The van der Waals surface area contributed by atoms with Crippen molar-refractivity contribution in [3.63, 3.8) is 0 Å². The Kier molecular flexibility index (Phi) is 4.04. The summed E-state index contributed by atoms with van der Waals surface area (Å²) >= 11 is 6.07. The van der Waals surface area contributed by atoms with E-state index < -0.39 is 11.4 Å². The predicted molar refractivity (Wildman–Crippen MR) is 68.0 cm³/mol. The third-order valence-electron chi connectivity index (χ3n) is 2.82. The second-order valence-corrected chi connectivity index (χ2v) is 5.16. The average molecular weight is 257 g/mol. The van der Waals surface area contributed by atoms with E-state index in [1.807, 2.05) is 26.8 Å². The lowest BCUT2D eigenvalue weighted by atomic mass is 9.79. The summed E-state index contributed by atoms with van der Waals surface area (Å²) < 4.78 is 5.13. The van der Waals surface area contributed by atoms with Crippen LogP contribution in [0.3, 0.4) is 0 Å². The largest absolute Gasteiger partial charge is 0.495 e. The molecule has 0 amide bonds. The minimum atomic E-state index is -0.818. The van der Waals surface area contributed by atoms with Crippen LogP contribution in [-0.2, 0) is 10.2 Å². The molecular formula is C13H17ClO3. The van der Waals surface area contributed by atoms with Crippen LogP contribution in [-0.4, -0.2) is 18.2 Å². The molecule has 0 saturated carbocycles. The molecule has 3 nitrogen and oxygen atoms in total. The number of ether oxygens (including phenoxy) is 1. The molecule has 0 radical (unpaired) electrons. The van der Waals surface area contributed by atoms with Gasteiger partial charge in [-0.2, -0.15) is 0 Å². The molecule has 0 heterocycles. The fraction of sp³-hybridized carbons (Fsp3) is 0.462. The van der Waals surface area contributed by atoms with E-state index >= 15 is 0 Å². The van der Waals surface area contributed by atoms with Gasteiger partial charge in [0.05, 0.1) is 18.6 Å². The van der Waals surface area contributed by atoms with Crippen molar-refractivity contribution in [3.05, 3.63) is 28.3 Å². The summed E-state index contributed by atoms with van der Waals surface area (Å²) in [5, 5.41) is 9.42. The van der Waals surface area contributed by atoms with Gasteiger partial charge in [0.2, 0.25) is 0 Å². The summed E-state index contributed by atoms with van der Waals surface area (Å²) in [7, 11) is 1.56. The van der Waals surface area contributed by atoms with Gasteiger partial charge in [-0.3, -0.25) is 4.79 Å².